The number of amides is 1. The molecule has 0 saturated heterocycles. The molecule has 1 amide bonds. The third-order valence-electron chi connectivity index (χ3n) is 4.15. The molecule has 0 saturated carbocycles. The van der Waals surface area contributed by atoms with Crippen molar-refractivity contribution < 1.29 is 9.53 Å². The Morgan fingerprint density at radius 3 is 2.27 bits per heavy atom. The average Bonchev–Trinajstić information content (AvgIpc) is 2.66. The number of rotatable bonds is 5. The molecule has 3 aromatic rings. The van der Waals surface area contributed by atoms with Gasteiger partial charge < -0.3 is 15.4 Å². The summed E-state index contributed by atoms with van der Waals surface area (Å²) in [5.41, 5.74) is 4.63. The number of hydrogen-bond donors (Lipinski definition) is 2. The van der Waals surface area contributed by atoms with E-state index >= 15 is 0 Å². The smallest absolute Gasteiger partial charge is 0.256 e. The summed E-state index contributed by atoms with van der Waals surface area (Å²) in [6.07, 6.45) is 1.68. The molecule has 132 valence electrons. The van der Waals surface area contributed by atoms with Crippen molar-refractivity contribution in [2.24, 2.45) is 0 Å². The van der Waals surface area contributed by atoms with E-state index in [1.807, 2.05) is 62.4 Å². The van der Waals surface area contributed by atoms with Gasteiger partial charge in [0.05, 0.1) is 19.0 Å². The molecule has 0 aliphatic carbocycles. The molecule has 0 fully saturated rings. The fourth-order valence-corrected chi connectivity index (χ4v) is 2.45. The summed E-state index contributed by atoms with van der Waals surface area (Å²) in [4.78, 5) is 16.6. The Kier molecular flexibility index (Phi) is 5.17. The number of aromatic nitrogens is 1. The van der Waals surface area contributed by atoms with Crippen LogP contribution in [0.5, 0.6) is 5.75 Å². The van der Waals surface area contributed by atoms with E-state index in [0.29, 0.717) is 11.4 Å². The average molecular weight is 347 g/mol. The molecular weight excluding hydrogens is 326 g/mol. The van der Waals surface area contributed by atoms with Gasteiger partial charge in [0.25, 0.3) is 5.91 Å². The molecule has 0 radical (unpaired) electrons. The SMILES string of the molecule is COc1ccc(Nc2ccc(NC(=O)c3ccc(C)c(C)c3)nc2)cc1. The molecule has 0 atom stereocenters. The lowest BCUT2D eigenvalue weighted by Gasteiger charge is -2.09. The molecule has 1 aromatic heterocycles. The van der Waals surface area contributed by atoms with Crippen LogP contribution in [0.4, 0.5) is 17.2 Å². The molecule has 2 N–H and O–H groups in total. The van der Waals surface area contributed by atoms with Crippen molar-refractivity contribution in [2.75, 3.05) is 17.7 Å². The van der Waals surface area contributed by atoms with Crippen LogP contribution < -0.4 is 15.4 Å². The maximum Gasteiger partial charge on any atom is 0.256 e. The second-order valence-electron chi connectivity index (χ2n) is 6.04. The van der Waals surface area contributed by atoms with Crippen LogP contribution in [0.2, 0.25) is 0 Å². The molecule has 0 aliphatic heterocycles. The van der Waals surface area contributed by atoms with Gasteiger partial charge in [-0.05, 0) is 73.5 Å². The van der Waals surface area contributed by atoms with E-state index in [-0.39, 0.29) is 5.91 Å². The first kappa shape index (κ1) is 17.5. The first-order valence-corrected chi connectivity index (χ1v) is 8.31. The van der Waals surface area contributed by atoms with E-state index in [1.165, 1.54) is 0 Å². The van der Waals surface area contributed by atoms with Crippen molar-refractivity contribution in [3.05, 3.63) is 77.5 Å². The molecule has 3 rings (SSSR count). The lowest BCUT2D eigenvalue weighted by Crippen LogP contribution is -2.13. The van der Waals surface area contributed by atoms with Crippen LogP contribution in [0, 0.1) is 13.8 Å². The Morgan fingerprint density at radius 2 is 1.65 bits per heavy atom. The highest BCUT2D eigenvalue weighted by Gasteiger charge is 2.08. The van der Waals surface area contributed by atoms with Gasteiger partial charge in [-0.25, -0.2) is 4.98 Å². The van der Waals surface area contributed by atoms with Gasteiger partial charge >= 0.3 is 0 Å². The summed E-state index contributed by atoms with van der Waals surface area (Å²) < 4.78 is 5.14. The molecule has 1 heterocycles. The lowest BCUT2D eigenvalue weighted by molar-refractivity contribution is 0.102. The van der Waals surface area contributed by atoms with Gasteiger partial charge in [0.2, 0.25) is 0 Å². The quantitative estimate of drug-likeness (QED) is 0.702. The topological polar surface area (TPSA) is 63.2 Å². The van der Waals surface area contributed by atoms with Crippen LogP contribution in [-0.2, 0) is 0 Å². The third kappa shape index (κ3) is 4.19. The van der Waals surface area contributed by atoms with Gasteiger partial charge in [0, 0.05) is 11.3 Å². The maximum absolute atomic E-state index is 12.3. The molecular formula is C21H21N3O2. The number of hydrogen-bond acceptors (Lipinski definition) is 4. The Bertz CT molecular complexity index is 904. The summed E-state index contributed by atoms with van der Waals surface area (Å²) in [6, 6.07) is 16.9. The number of anilines is 3. The second-order valence-corrected chi connectivity index (χ2v) is 6.04. The van der Waals surface area contributed by atoms with E-state index in [0.717, 1.165) is 28.3 Å². The zero-order chi connectivity index (χ0) is 18.5. The standard InChI is InChI=1S/C21H21N3O2/c1-14-4-5-16(12-15(14)2)21(25)24-20-11-8-18(13-22-20)23-17-6-9-19(26-3)10-7-17/h4-13,23H,1-3H3,(H,22,24,25). The van der Waals surface area contributed by atoms with Crippen molar-refractivity contribution in [1.29, 1.82) is 0 Å². The van der Waals surface area contributed by atoms with Crippen molar-refractivity contribution in [3.63, 3.8) is 0 Å². The van der Waals surface area contributed by atoms with Crippen LogP contribution in [0.25, 0.3) is 0 Å². The second kappa shape index (κ2) is 7.70. The summed E-state index contributed by atoms with van der Waals surface area (Å²) in [5, 5.41) is 6.07. The summed E-state index contributed by atoms with van der Waals surface area (Å²) in [6.45, 7) is 4.01. The zero-order valence-corrected chi connectivity index (χ0v) is 15.0. The molecule has 0 aliphatic rings. The minimum Gasteiger partial charge on any atom is -0.497 e. The van der Waals surface area contributed by atoms with Crippen LogP contribution in [0.3, 0.4) is 0 Å². The molecule has 5 heteroatoms. The summed E-state index contributed by atoms with van der Waals surface area (Å²) >= 11 is 0. The maximum atomic E-state index is 12.3. The van der Waals surface area contributed by atoms with Gasteiger partial charge in [-0.15, -0.1) is 0 Å². The molecule has 26 heavy (non-hydrogen) atoms. The van der Waals surface area contributed by atoms with E-state index in [9.17, 15) is 4.79 Å². The fraction of sp³-hybridized carbons (Fsp3) is 0.143. The molecule has 0 unspecified atom stereocenters. The van der Waals surface area contributed by atoms with Crippen LogP contribution >= 0.6 is 0 Å². The highest BCUT2D eigenvalue weighted by molar-refractivity contribution is 6.03. The number of nitrogens with one attached hydrogen (secondary N) is 2. The van der Waals surface area contributed by atoms with Crippen molar-refractivity contribution in [3.8, 4) is 5.75 Å². The largest absolute Gasteiger partial charge is 0.497 e. The Labute approximate surface area is 153 Å². The first-order chi connectivity index (χ1) is 12.5. The van der Waals surface area contributed by atoms with E-state index in [4.69, 9.17) is 4.74 Å². The van der Waals surface area contributed by atoms with Crippen LogP contribution in [-0.4, -0.2) is 18.0 Å². The third-order valence-corrected chi connectivity index (χ3v) is 4.15. The number of ether oxygens (including phenoxy) is 1. The number of pyridine rings is 1. The predicted octanol–water partition coefficient (Wildman–Crippen LogP) is 4.70. The summed E-state index contributed by atoms with van der Waals surface area (Å²) in [5.74, 6) is 1.14. The normalized spacial score (nSPS) is 10.3. The number of methoxy groups -OCH3 is 1. The number of benzene rings is 2. The Hall–Kier alpha value is -3.34. The van der Waals surface area contributed by atoms with Gasteiger partial charge in [0.15, 0.2) is 0 Å². The highest BCUT2D eigenvalue weighted by Crippen LogP contribution is 2.20. The van der Waals surface area contributed by atoms with Crippen molar-refractivity contribution in [2.45, 2.75) is 13.8 Å². The van der Waals surface area contributed by atoms with E-state index < -0.39 is 0 Å². The van der Waals surface area contributed by atoms with Gasteiger partial charge in [-0.1, -0.05) is 6.07 Å². The minimum atomic E-state index is -0.170. The fourth-order valence-electron chi connectivity index (χ4n) is 2.45. The van der Waals surface area contributed by atoms with Crippen molar-refractivity contribution >= 4 is 23.1 Å². The number of nitrogens with zero attached hydrogens (tertiary/aromatic N) is 1. The predicted molar refractivity (Wildman–Crippen MR) is 104 cm³/mol. The zero-order valence-electron chi connectivity index (χ0n) is 15.0. The number of carbonyl (C=O) groups excluding carboxylic acids is 1. The highest BCUT2D eigenvalue weighted by atomic mass is 16.5. The number of carbonyl (C=O) groups is 1. The monoisotopic (exact) mass is 347 g/mol. The lowest BCUT2D eigenvalue weighted by atomic mass is 10.1. The Balaban J connectivity index is 1.65. The molecule has 0 bridgehead atoms. The van der Waals surface area contributed by atoms with Gasteiger partial charge in [0.1, 0.15) is 11.6 Å². The molecule has 0 spiro atoms. The van der Waals surface area contributed by atoms with Gasteiger partial charge in [-0.3, -0.25) is 4.79 Å². The Morgan fingerprint density at radius 1 is 0.923 bits per heavy atom. The number of aryl methyl sites for hydroxylation is 2. The summed E-state index contributed by atoms with van der Waals surface area (Å²) in [7, 11) is 1.64. The minimum absolute atomic E-state index is 0.170. The first-order valence-electron chi connectivity index (χ1n) is 8.31. The van der Waals surface area contributed by atoms with E-state index in [2.05, 4.69) is 15.6 Å². The van der Waals surface area contributed by atoms with Crippen molar-refractivity contribution in [1.82, 2.24) is 4.98 Å². The van der Waals surface area contributed by atoms with Crippen LogP contribution in [0.15, 0.2) is 60.8 Å². The molecule has 5 nitrogen and oxygen atoms in total. The van der Waals surface area contributed by atoms with E-state index in [1.54, 1.807) is 19.4 Å². The molecule has 2 aromatic carbocycles. The van der Waals surface area contributed by atoms with Gasteiger partial charge in [-0.2, -0.15) is 0 Å². The van der Waals surface area contributed by atoms with Crippen LogP contribution in [0.1, 0.15) is 21.5 Å².